The summed E-state index contributed by atoms with van der Waals surface area (Å²) in [6.45, 7) is 11.0. The van der Waals surface area contributed by atoms with Gasteiger partial charge >= 0.3 is 31.1 Å². The fourth-order valence-electron chi connectivity index (χ4n) is 2.19. The summed E-state index contributed by atoms with van der Waals surface area (Å²) in [6.07, 6.45) is 8.20. The molecule has 0 amide bonds. The van der Waals surface area contributed by atoms with Gasteiger partial charge in [0.25, 0.3) is 0 Å². The van der Waals surface area contributed by atoms with Crippen LogP contribution in [0.4, 0.5) is 26.3 Å². The van der Waals surface area contributed by atoms with E-state index in [4.69, 9.17) is 0 Å². The number of alkyl halides is 6. The highest BCUT2D eigenvalue weighted by molar-refractivity contribution is 8.05. The summed E-state index contributed by atoms with van der Waals surface area (Å²) >= 11 is 0. The Labute approximate surface area is 176 Å². The van der Waals surface area contributed by atoms with Crippen LogP contribution in [0.15, 0.2) is 0 Å². The van der Waals surface area contributed by atoms with Crippen molar-refractivity contribution >= 4 is 20.0 Å². The summed E-state index contributed by atoms with van der Waals surface area (Å²) in [6, 6.07) is 0. The first-order chi connectivity index (χ1) is 12.9. The second kappa shape index (κ2) is 13.7. The third kappa shape index (κ3) is 13.0. The minimum Gasteiger partial charge on any atom is -0.326 e. The SMILES string of the molecule is C.CCCC[N+](C)(CCCC)CCCC.O=S(=O)(NS(=O)(=O)C(F)(F)F)C(F)(F)F. The van der Waals surface area contributed by atoms with Gasteiger partial charge in [-0.3, -0.25) is 0 Å². The van der Waals surface area contributed by atoms with Crippen molar-refractivity contribution in [3.63, 3.8) is 0 Å². The lowest BCUT2D eigenvalue weighted by Gasteiger charge is -2.34. The summed E-state index contributed by atoms with van der Waals surface area (Å²) in [5.74, 6) is 0. The van der Waals surface area contributed by atoms with E-state index in [0.29, 0.717) is 0 Å². The summed E-state index contributed by atoms with van der Waals surface area (Å²) < 4.78 is 110. The minimum absolute atomic E-state index is 0. The molecule has 0 aliphatic carbocycles. The third-order valence-electron chi connectivity index (χ3n) is 3.98. The predicted octanol–water partition coefficient (Wildman–Crippen LogP) is 4.74. The van der Waals surface area contributed by atoms with Crippen molar-refractivity contribution < 1.29 is 47.7 Å². The molecule has 0 spiro atoms. The lowest BCUT2D eigenvalue weighted by Crippen LogP contribution is -2.46. The zero-order valence-electron chi connectivity index (χ0n) is 17.0. The minimum atomic E-state index is -6.60. The number of quaternary nitrogens is 1. The summed E-state index contributed by atoms with van der Waals surface area (Å²) in [4.78, 5) is 0. The van der Waals surface area contributed by atoms with Crippen molar-refractivity contribution in [3.8, 4) is 0 Å². The van der Waals surface area contributed by atoms with Gasteiger partial charge in [-0.1, -0.05) is 51.6 Å². The number of hydrogen-bond acceptors (Lipinski definition) is 4. The first-order valence-corrected chi connectivity index (χ1v) is 12.1. The van der Waals surface area contributed by atoms with Gasteiger partial charge in [-0.25, -0.2) is 16.8 Å². The normalized spacial score (nSPS) is 13.3. The van der Waals surface area contributed by atoms with E-state index in [0.717, 1.165) is 0 Å². The van der Waals surface area contributed by atoms with Crippen LogP contribution in [0.1, 0.15) is 66.7 Å². The van der Waals surface area contributed by atoms with Crippen LogP contribution >= 0.6 is 0 Å². The number of hydrogen-bond donors (Lipinski definition) is 1. The van der Waals surface area contributed by atoms with Crippen LogP contribution in [0.3, 0.4) is 0 Å². The van der Waals surface area contributed by atoms with E-state index in [-0.39, 0.29) is 7.43 Å². The number of nitrogens with zero attached hydrogens (tertiary/aromatic N) is 1. The van der Waals surface area contributed by atoms with Crippen molar-refractivity contribution in [2.45, 2.75) is 77.7 Å². The van der Waals surface area contributed by atoms with Crippen LogP contribution < -0.4 is 4.13 Å². The average Bonchev–Trinajstić information content (AvgIpc) is 2.54. The van der Waals surface area contributed by atoms with Gasteiger partial charge in [-0.15, -0.1) is 0 Å². The predicted molar refractivity (Wildman–Crippen MR) is 105 cm³/mol. The first kappa shape index (κ1) is 34.0. The fraction of sp³-hybridized carbons (Fsp3) is 1.00. The molecule has 0 aliphatic rings. The number of unbranched alkanes of at least 4 members (excludes halogenated alkanes) is 3. The number of sulfonamides is 2. The molecule has 0 aromatic rings. The van der Waals surface area contributed by atoms with Crippen LogP contribution in [-0.4, -0.2) is 59.0 Å². The molecule has 0 aromatic carbocycles. The van der Waals surface area contributed by atoms with Crippen LogP contribution in [0.5, 0.6) is 0 Å². The molecule has 0 bridgehead atoms. The molecule has 186 valence electrons. The monoisotopic (exact) mass is 497 g/mol. The summed E-state index contributed by atoms with van der Waals surface area (Å²) in [5.41, 5.74) is -12.3. The number of nitrogens with one attached hydrogen (secondary N) is 1. The molecule has 14 heteroatoms. The Morgan fingerprint density at radius 1 is 0.667 bits per heavy atom. The van der Waals surface area contributed by atoms with E-state index < -0.39 is 35.2 Å². The van der Waals surface area contributed by atoms with Gasteiger partial charge in [0.15, 0.2) is 0 Å². The quantitative estimate of drug-likeness (QED) is 0.330. The highest BCUT2D eigenvalue weighted by Crippen LogP contribution is 2.27. The molecule has 0 aliphatic heterocycles. The molecular weight excluding hydrogens is 462 g/mol. The van der Waals surface area contributed by atoms with Crippen molar-refractivity contribution in [1.82, 2.24) is 4.13 Å². The standard InChI is InChI=1S/C13H30N.C2HF6NO4S2.CH4/c1-5-8-11-14(4,12-9-6-2)13-10-7-3;3-1(4,5)14(10,11)9-15(12,13)2(6,7)8;/h5-13H2,1-4H3;9H;1H4/q+1;;. The third-order valence-corrected chi connectivity index (χ3v) is 6.96. The van der Waals surface area contributed by atoms with E-state index in [1.807, 2.05) is 0 Å². The van der Waals surface area contributed by atoms with Gasteiger partial charge in [0.2, 0.25) is 0 Å². The zero-order chi connectivity index (χ0) is 23.6. The van der Waals surface area contributed by atoms with E-state index in [9.17, 15) is 43.2 Å². The number of rotatable bonds is 11. The molecule has 0 fully saturated rings. The largest absolute Gasteiger partial charge is 0.512 e. The van der Waals surface area contributed by atoms with Crippen molar-refractivity contribution in [3.05, 3.63) is 0 Å². The van der Waals surface area contributed by atoms with Gasteiger partial charge in [0, 0.05) is 0 Å². The van der Waals surface area contributed by atoms with Gasteiger partial charge in [-0.05, 0) is 19.3 Å². The Kier molecular flexibility index (Phi) is 15.6. The molecule has 0 unspecified atom stereocenters. The van der Waals surface area contributed by atoms with E-state index in [1.165, 1.54) is 62.6 Å². The molecule has 0 atom stereocenters. The molecular formula is C16H35F6N2O4S2+. The Morgan fingerprint density at radius 2 is 0.900 bits per heavy atom. The highest BCUT2D eigenvalue weighted by Gasteiger charge is 2.55. The smallest absolute Gasteiger partial charge is 0.326 e. The maximum Gasteiger partial charge on any atom is 0.512 e. The van der Waals surface area contributed by atoms with Crippen LogP contribution in [0.2, 0.25) is 0 Å². The fourth-order valence-corrected chi connectivity index (χ4v) is 4.11. The maximum absolute atomic E-state index is 11.5. The summed E-state index contributed by atoms with van der Waals surface area (Å²) in [5, 5.41) is 0. The number of halogens is 6. The first-order valence-electron chi connectivity index (χ1n) is 9.13. The van der Waals surface area contributed by atoms with Crippen LogP contribution in [-0.2, 0) is 20.0 Å². The van der Waals surface area contributed by atoms with Gasteiger partial charge in [0.05, 0.1) is 26.7 Å². The molecule has 0 radical (unpaired) electrons. The van der Waals surface area contributed by atoms with Crippen LogP contribution in [0.25, 0.3) is 0 Å². The van der Waals surface area contributed by atoms with E-state index >= 15 is 0 Å². The van der Waals surface area contributed by atoms with Crippen molar-refractivity contribution in [1.29, 1.82) is 0 Å². The zero-order valence-corrected chi connectivity index (χ0v) is 18.7. The lowest BCUT2D eigenvalue weighted by molar-refractivity contribution is -0.910. The molecule has 0 aromatic heterocycles. The van der Waals surface area contributed by atoms with E-state index in [1.54, 1.807) is 0 Å². The van der Waals surface area contributed by atoms with Gasteiger partial charge in [-0.2, -0.15) is 26.3 Å². The molecule has 1 N–H and O–H groups in total. The molecule has 0 heterocycles. The molecule has 0 rings (SSSR count). The van der Waals surface area contributed by atoms with Crippen LogP contribution in [0, 0.1) is 0 Å². The Balaban J connectivity index is -0.000000471. The molecule has 0 saturated heterocycles. The van der Waals surface area contributed by atoms with Gasteiger partial charge < -0.3 is 4.48 Å². The average molecular weight is 498 g/mol. The lowest BCUT2D eigenvalue weighted by atomic mass is 10.2. The highest BCUT2D eigenvalue weighted by atomic mass is 32.3. The van der Waals surface area contributed by atoms with Crippen molar-refractivity contribution in [2.24, 2.45) is 0 Å². The Bertz CT molecular complexity index is 598. The second-order valence-electron chi connectivity index (χ2n) is 6.83. The Hall–Kier alpha value is -0.600. The molecule has 6 nitrogen and oxygen atoms in total. The van der Waals surface area contributed by atoms with Crippen molar-refractivity contribution in [2.75, 3.05) is 26.7 Å². The summed E-state index contributed by atoms with van der Waals surface area (Å²) in [7, 11) is -10.7. The van der Waals surface area contributed by atoms with Gasteiger partial charge in [0.1, 0.15) is 0 Å². The second-order valence-corrected chi connectivity index (χ2v) is 10.4. The van der Waals surface area contributed by atoms with E-state index in [2.05, 4.69) is 27.8 Å². The molecule has 0 saturated carbocycles. The maximum atomic E-state index is 11.5. The molecule has 30 heavy (non-hydrogen) atoms. The topological polar surface area (TPSA) is 80.3 Å². The Morgan fingerprint density at radius 3 is 1.07 bits per heavy atom.